The molecule has 0 aliphatic rings. The highest BCUT2D eigenvalue weighted by atomic mass is 16.1. The van der Waals surface area contributed by atoms with E-state index in [1.54, 1.807) is 0 Å². The molecule has 4 heteroatoms. The summed E-state index contributed by atoms with van der Waals surface area (Å²) in [5.74, 6) is 0. The number of aromatic nitrogens is 3. The molecule has 0 N–H and O–H groups in total. The number of hydrogen-bond donors (Lipinski definition) is 0. The third-order valence-electron chi connectivity index (χ3n) is 4.75. The Morgan fingerprint density at radius 3 is 2.35 bits per heavy atom. The van der Waals surface area contributed by atoms with Crippen molar-refractivity contribution in [2.45, 2.75) is 33.1 Å². The van der Waals surface area contributed by atoms with Crippen LogP contribution in [0.4, 0.5) is 0 Å². The first-order chi connectivity index (χ1) is 12.4. The van der Waals surface area contributed by atoms with E-state index in [2.05, 4.69) is 25.8 Å². The second-order valence-electron chi connectivity index (χ2n) is 7.63. The van der Waals surface area contributed by atoms with Crippen molar-refractivity contribution in [1.82, 2.24) is 14.4 Å². The Morgan fingerprint density at radius 2 is 1.65 bits per heavy atom. The zero-order valence-corrected chi connectivity index (χ0v) is 15.4. The molecule has 0 amide bonds. The highest BCUT2D eigenvalue weighted by molar-refractivity contribution is 5.91. The minimum atomic E-state index is -0.207. The van der Waals surface area contributed by atoms with Crippen LogP contribution < -0.4 is 5.56 Å². The number of hydrogen-bond acceptors (Lipinski definition) is 3. The minimum Gasteiger partial charge on any atom is -0.304 e. The van der Waals surface area contributed by atoms with Gasteiger partial charge in [0.05, 0.1) is 11.1 Å². The molecule has 4 nitrogen and oxygen atoms in total. The van der Waals surface area contributed by atoms with E-state index in [1.807, 2.05) is 66.1 Å². The van der Waals surface area contributed by atoms with Crippen molar-refractivity contribution in [2.24, 2.45) is 0 Å². The number of benzene rings is 1. The first kappa shape index (κ1) is 16.5. The number of rotatable bonds is 1. The molecule has 1 aromatic carbocycles. The minimum absolute atomic E-state index is 0.0273. The van der Waals surface area contributed by atoms with Crippen LogP contribution in [0.2, 0.25) is 0 Å². The maximum absolute atomic E-state index is 12.8. The van der Waals surface area contributed by atoms with Crippen molar-refractivity contribution in [1.29, 1.82) is 0 Å². The largest absolute Gasteiger partial charge is 0.304 e. The summed E-state index contributed by atoms with van der Waals surface area (Å²) >= 11 is 0. The topological polar surface area (TPSA) is 47.3 Å². The molecule has 4 aromatic rings. The third kappa shape index (κ3) is 2.58. The van der Waals surface area contributed by atoms with E-state index in [-0.39, 0.29) is 11.0 Å². The lowest BCUT2D eigenvalue weighted by Crippen LogP contribution is -2.16. The van der Waals surface area contributed by atoms with Gasteiger partial charge in [0.1, 0.15) is 0 Å². The lowest BCUT2D eigenvalue weighted by molar-refractivity contribution is 0.571. The average Bonchev–Trinajstić information content (AvgIpc) is 2.61. The lowest BCUT2D eigenvalue weighted by atomic mass is 9.91. The summed E-state index contributed by atoms with van der Waals surface area (Å²) < 4.78 is 1.98. The Labute approximate surface area is 152 Å². The predicted octanol–water partition coefficient (Wildman–Crippen LogP) is 4.52. The van der Waals surface area contributed by atoms with E-state index in [0.29, 0.717) is 11.2 Å². The van der Waals surface area contributed by atoms with Crippen LogP contribution in [0.1, 0.15) is 32.2 Å². The molecule has 26 heavy (non-hydrogen) atoms. The van der Waals surface area contributed by atoms with E-state index < -0.39 is 0 Å². The van der Waals surface area contributed by atoms with Gasteiger partial charge in [0.25, 0.3) is 5.56 Å². The van der Waals surface area contributed by atoms with Crippen LogP contribution in [0, 0.1) is 6.92 Å². The normalized spacial score (nSPS) is 12.0. The number of nitrogens with zero attached hydrogens (tertiary/aromatic N) is 3. The number of fused-ring (bicyclic) bond motifs is 3. The fourth-order valence-electron chi connectivity index (χ4n) is 3.30. The van der Waals surface area contributed by atoms with Gasteiger partial charge in [0.2, 0.25) is 0 Å². The number of aryl methyl sites for hydroxylation is 1. The monoisotopic (exact) mass is 343 g/mol. The summed E-state index contributed by atoms with van der Waals surface area (Å²) in [6, 6.07) is 15.7. The second kappa shape index (κ2) is 5.77. The molecule has 0 fully saturated rings. The Balaban J connectivity index is 2.03. The standard InChI is InChI=1S/C22H21N3O/c1-14-19(15-8-6-5-7-9-15)21(26)24-20-16-10-11-18(22(2,3)4)23-17(16)12-13-25(14)20/h5-13H,1-4H3. The molecular formula is C22H21N3O. The van der Waals surface area contributed by atoms with E-state index >= 15 is 0 Å². The van der Waals surface area contributed by atoms with Crippen molar-refractivity contribution >= 4 is 16.6 Å². The second-order valence-corrected chi connectivity index (χ2v) is 7.63. The molecule has 4 rings (SSSR count). The van der Waals surface area contributed by atoms with Gasteiger partial charge in [0, 0.05) is 28.4 Å². The molecular weight excluding hydrogens is 322 g/mol. The van der Waals surface area contributed by atoms with Crippen LogP contribution in [0.3, 0.4) is 0 Å². The molecule has 0 aliphatic heterocycles. The van der Waals surface area contributed by atoms with Crippen LogP contribution in [0.15, 0.2) is 59.5 Å². The van der Waals surface area contributed by atoms with E-state index in [1.165, 1.54) is 0 Å². The van der Waals surface area contributed by atoms with Gasteiger partial charge in [-0.3, -0.25) is 9.78 Å². The Morgan fingerprint density at radius 1 is 0.923 bits per heavy atom. The maximum Gasteiger partial charge on any atom is 0.281 e. The predicted molar refractivity (Wildman–Crippen MR) is 106 cm³/mol. The van der Waals surface area contributed by atoms with Gasteiger partial charge >= 0.3 is 0 Å². The van der Waals surface area contributed by atoms with Gasteiger partial charge in [0.15, 0.2) is 5.65 Å². The molecule has 0 spiro atoms. The quantitative estimate of drug-likeness (QED) is 0.478. The molecule has 0 bridgehead atoms. The summed E-state index contributed by atoms with van der Waals surface area (Å²) in [6.07, 6.45) is 1.95. The molecule has 3 aromatic heterocycles. The van der Waals surface area contributed by atoms with Gasteiger partial charge in [-0.2, -0.15) is 4.98 Å². The SMILES string of the molecule is Cc1c(-c2ccccc2)c(=O)nc2c3ccc(C(C)(C)C)nc3ccn12. The van der Waals surface area contributed by atoms with Crippen LogP contribution in [-0.2, 0) is 5.41 Å². The highest BCUT2D eigenvalue weighted by Gasteiger charge is 2.17. The van der Waals surface area contributed by atoms with Gasteiger partial charge in [-0.1, -0.05) is 51.1 Å². The molecule has 130 valence electrons. The van der Waals surface area contributed by atoms with Crippen molar-refractivity contribution < 1.29 is 0 Å². The molecule has 0 atom stereocenters. The summed E-state index contributed by atoms with van der Waals surface area (Å²) in [7, 11) is 0. The first-order valence-corrected chi connectivity index (χ1v) is 8.75. The Bertz CT molecular complexity index is 1190. The van der Waals surface area contributed by atoms with Crippen molar-refractivity contribution in [3.05, 3.63) is 76.5 Å². The molecule has 0 saturated heterocycles. The molecule has 0 radical (unpaired) electrons. The van der Waals surface area contributed by atoms with E-state index in [4.69, 9.17) is 4.98 Å². The average molecular weight is 343 g/mol. The fourth-order valence-corrected chi connectivity index (χ4v) is 3.30. The summed E-state index contributed by atoms with van der Waals surface area (Å²) in [6.45, 7) is 8.38. The van der Waals surface area contributed by atoms with E-state index in [0.717, 1.165) is 27.9 Å². The summed E-state index contributed by atoms with van der Waals surface area (Å²) in [5.41, 5.74) is 4.71. The van der Waals surface area contributed by atoms with Crippen molar-refractivity contribution in [3.8, 4) is 11.1 Å². The van der Waals surface area contributed by atoms with Crippen LogP contribution in [0.5, 0.6) is 0 Å². The van der Waals surface area contributed by atoms with Gasteiger partial charge < -0.3 is 4.40 Å². The Hall–Kier alpha value is -3.01. The van der Waals surface area contributed by atoms with Crippen LogP contribution >= 0.6 is 0 Å². The van der Waals surface area contributed by atoms with Crippen LogP contribution in [0.25, 0.3) is 27.7 Å². The zero-order valence-electron chi connectivity index (χ0n) is 15.4. The Kier molecular flexibility index (Phi) is 3.65. The van der Waals surface area contributed by atoms with Crippen molar-refractivity contribution in [2.75, 3.05) is 0 Å². The van der Waals surface area contributed by atoms with Crippen molar-refractivity contribution in [3.63, 3.8) is 0 Å². The number of pyridine rings is 2. The van der Waals surface area contributed by atoms with Crippen LogP contribution in [-0.4, -0.2) is 14.4 Å². The van der Waals surface area contributed by atoms with Gasteiger partial charge in [-0.05, 0) is 30.7 Å². The highest BCUT2D eigenvalue weighted by Crippen LogP contribution is 2.26. The fraction of sp³-hybridized carbons (Fsp3) is 0.227. The third-order valence-corrected chi connectivity index (χ3v) is 4.75. The molecule has 0 aliphatic carbocycles. The van der Waals surface area contributed by atoms with E-state index in [9.17, 15) is 4.79 Å². The smallest absolute Gasteiger partial charge is 0.281 e. The van der Waals surface area contributed by atoms with Gasteiger partial charge in [-0.15, -0.1) is 0 Å². The molecule has 0 unspecified atom stereocenters. The summed E-state index contributed by atoms with van der Waals surface area (Å²) in [5, 5.41) is 0.889. The summed E-state index contributed by atoms with van der Waals surface area (Å²) in [4.78, 5) is 22.0. The molecule has 3 heterocycles. The first-order valence-electron chi connectivity index (χ1n) is 8.75. The molecule has 0 saturated carbocycles. The van der Waals surface area contributed by atoms with Gasteiger partial charge in [-0.25, -0.2) is 0 Å². The zero-order chi connectivity index (χ0) is 18.5. The maximum atomic E-state index is 12.8. The lowest BCUT2D eigenvalue weighted by Gasteiger charge is -2.18.